The van der Waals surface area contributed by atoms with Crippen LogP contribution in [0.15, 0.2) is 35.3 Å². The van der Waals surface area contributed by atoms with Gasteiger partial charge in [0.15, 0.2) is 5.96 Å². The molecule has 1 saturated heterocycles. The van der Waals surface area contributed by atoms with Gasteiger partial charge in [-0.2, -0.15) is 0 Å². The van der Waals surface area contributed by atoms with Crippen LogP contribution in [0.25, 0.3) is 0 Å². The molecule has 29 nitrogen and oxygen atoms in total. The zero-order valence-corrected chi connectivity index (χ0v) is 53.5. The molecule has 11 amide bonds. The van der Waals surface area contributed by atoms with Gasteiger partial charge < -0.3 is 91.0 Å². The summed E-state index contributed by atoms with van der Waals surface area (Å²) in [5.74, 6) is -13.0. The van der Waals surface area contributed by atoms with Gasteiger partial charge in [-0.05, 0) is 80.1 Å². The molecule has 14 atom stereocenters. The van der Waals surface area contributed by atoms with Crippen LogP contribution in [0, 0.1) is 28.6 Å². The first-order valence-corrected chi connectivity index (χ1v) is 29.9. The summed E-state index contributed by atoms with van der Waals surface area (Å²) in [5.41, 5.74) is 16.5. The molecule has 1 aliphatic heterocycles. The van der Waals surface area contributed by atoms with E-state index in [1.807, 2.05) is 20.8 Å². The van der Waals surface area contributed by atoms with Crippen LogP contribution in [-0.4, -0.2) is 179 Å². The Bertz CT molecular complexity index is 2570. The lowest BCUT2D eigenvalue weighted by Crippen LogP contribution is -2.65. The lowest BCUT2D eigenvalue weighted by molar-refractivity contribution is -0.139. The molecule has 0 saturated carbocycles. The zero-order valence-electron chi connectivity index (χ0n) is 53.5. The van der Waals surface area contributed by atoms with Crippen LogP contribution < -0.4 is 75.7 Å². The Morgan fingerprint density at radius 1 is 0.659 bits per heavy atom. The number of aliphatic imine (C=N–C) groups is 1. The van der Waals surface area contributed by atoms with Crippen LogP contribution in [0.4, 0.5) is 0 Å². The molecule has 1 aliphatic rings. The van der Waals surface area contributed by atoms with Crippen LogP contribution in [0.3, 0.4) is 0 Å². The number of rotatable bonds is 19. The first kappa shape index (κ1) is 76.6. The summed E-state index contributed by atoms with van der Waals surface area (Å²) >= 11 is 0. The predicted octanol–water partition coefficient (Wildman–Crippen LogP) is -2.91. The molecule has 29 heteroatoms. The van der Waals surface area contributed by atoms with Crippen molar-refractivity contribution in [2.24, 2.45) is 50.8 Å². The van der Waals surface area contributed by atoms with Gasteiger partial charge in [-0.3, -0.25) is 57.7 Å². The SMILES string of the molecule is CC[C@H](C)[C@@H]1NC(=O)[C@@H](CCCN=C(N)N)NC(=O)[C@H](CC(C)C)NC(=O)[C@H]([C@H](O)C(C)C)NC(=O)[C@@H](NC(=O)[C@H](CC(C)(C)C)NC(=O)[C@H](N)CC(C)(C)C)[C@@H](c2ccccc2)NC(=O)[C@H](CO)NC(=O)[C@@H](C)NC(=O)CNC(=O)[C@H]([C@H](C)O)NC1=O. The number of aliphatic hydroxyl groups is 3. The van der Waals surface area contributed by atoms with Crippen molar-refractivity contribution in [3.8, 4) is 0 Å². The fourth-order valence-corrected chi connectivity index (χ4v) is 9.35. The van der Waals surface area contributed by atoms with Gasteiger partial charge in [0.2, 0.25) is 65.0 Å². The standard InChI is InChI=1S/C59H101N15O14/c1-15-31(6)41-54(86)71-42(33(8)76)53(85)64-27-40(77)65-32(7)47(79)69-39(28-75)52(84)72-43(34-20-17-16-18-21-34)44(73-51(83)38(26-59(12,13)14)68-48(80)35(60)25-58(9,10)11)55(87)74-45(46(78)30(4)5)56(88)67-37(24-29(2)3)50(82)66-36(49(81)70-41)22-19-23-63-57(61)62/h16-18,20-21,29-33,35-39,41-46,75-76,78H,15,19,22-28,60H2,1-14H3,(H,64,85)(H,65,77)(H,66,82)(H,67,88)(H,68,80)(H,69,79)(H,70,81)(H,71,86)(H,72,84)(H,73,83)(H,74,87)(H4,61,62,63)/t31-,32+,33-,35+,36+,37-,38-,39-,41-,42-,43+,44-,45-,46+/m0/s1. The van der Waals surface area contributed by atoms with E-state index in [2.05, 4.69) is 63.5 Å². The van der Waals surface area contributed by atoms with Crippen LogP contribution in [0.5, 0.6) is 0 Å². The normalized spacial score (nSPS) is 25.0. The second-order valence-electron chi connectivity index (χ2n) is 25.9. The van der Waals surface area contributed by atoms with Crippen molar-refractivity contribution in [2.75, 3.05) is 19.7 Å². The molecular formula is C59H101N15O14. The smallest absolute Gasteiger partial charge is 0.245 e. The first-order chi connectivity index (χ1) is 40.8. The Kier molecular flexibility index (Phi) is 30.9. The van der Waals surface area contributed by atoms with Crippen LogP contribution in [-0.2, 0) is 52.7 Å². The topological polar surface area (TPSA) is 471 Å². The molecule has 1 aromatic carbocycles. The third-order valence-corrected chi connectivity index (χ3v) is 14.4. The summed E-state index contributed by atoms with van der Waals surface area (Å²) in [4.78, 5) is 161. The molecule has 0 aromatic heterocycles. The van der Waals surface area contributed by atoms with Gasteiger partial charge in [-0.1, -0.05) is 120 Å². The summed E-state index contributed by atoms with van der Waals surface area (Å²) in [6.07, 6.45) is -3.00. The second-order valence-corrected chi connectivity index (χ2v) is 25.9. The average Bonchev–Trinajstić information content (AvgIpc) is 1.96. The number of hydrogen-bond donors (Lipinski definition) is 17. The van der Waals surface area contributed by atoms with Crippen molar-refractivity contribution < 1.29 is 68.1 Å². The Morgan fingerprint density at radius 2 is 1.19 bits per heavy atom. The monoisotopic (exact) mass is 1240 g/mol. The highest BCUT2D eigenvalue weighted by atomic mass is 16.3. The number of carbonyl (C=O) groups excluding carboxylic acids is 11. The maximum absolute atomic E-state index is 15.4. The number of hydrogen-bond acceptors (Lipinski definition) is 16. The number of amides is 11. The summed E-state index contributed by atoms with van der Waals surface area (Å²) in [6.45, 7) is 21.4. The second kappa shape index (κ2) is 35.5. The minimum Gasteiger partial charge on any atom is -0.394 e. The van der Waals surface area contributed by atoms with E-state index in [0.29, 0.717) is 0 Å². The molecule has 0 bridgehead atoms. The molecule has 20 N–H and O–H groups in total. The largest absolute Gasteiger partial charge is 0.394 e. The average molecular weight is 1240 g/mol. The highest BCUT2D eigenvalue weighted by molar-refractivity contribution is 5.99. The molecular weight excluding hydrogens is 1140 g/mol. The van der Waals surface area contributed by atoms with E-state index in [1.54, 1.807) is 54.5 Å². The van der Waals surface area contributed by atoms with E-state index in [9.17, 15) is 63.3 Å². The van der Waals surface area contributed by atoms with Gasteiger partial charge in [-0.25, -0.2) is 0 Å². The van der Waals surface area contributed by atoms with Gasteiger partial charge >= 0.3 is 0 Å². The lowest BCUT2D eigenvalue weighted by atomic mass is 9.86. The Balaban J connectivity index is 3.07. The van der Waals surface area contributed by atoms with Crippen molar-refractivity contribution in [3.63, 3.8) is 0 Å². The number of nitrogens with zero attached hydrogens (tertiary/aromatic N) is 1. The van der Waals surface area contributed by atoms with Crippen molar-refractivity contribution in [2.45, 2.75) is 214 Å². The first-order valence-electron chi connectivity index (χ1n) is 29.9. The number of nitrogens with two attached hydrogens (primary N) is 3. The van der Waals surface area contributed by atoms with Gasteiger partial charge in [-0.15, -0.1) is 0 Å². The zero-order chi connectivity index (χ0) is 67.1. The van der Waals surface area contributed by atoms with Gasteiger partial charge in [0.25, 0.3) is 0 Å². The molecule has 2 rings (SSSR count). The summed E-state index contributed by atoms with van der Waals surface area (Å²) in [5, 5.41) is 61.2. The number of guanidine groups is 1. The molecule has 1 fully saturated rings. The van der Waals surface area contributed by atoms with E-state index in [-0.39, 0.29) is 62.5 Å². The lowest BCUT2D eigenvalue weighted by Gasteiger charge is -2.35. The predicted molar refractivity (Wildman–Crippen MR) is 328 cm³/mol. The van der Waals surface area contributed by atoms with Crippen LogP contribution in [0.2, 0.25) is 0 Å². The fourth-order valence-electron chi connectivity index (χ4n) is 9.35. The molecule has 0 aliphatic carbocycles. The molecule has 496 valence electrons. The van der Waals surface area contributed by atoms with Gasteiger partial charge in [0.05, 0.1) is 37.4 Å². The molecule has 0 radical (unpaired) electrons. The minimum absolute atomic E-state index is 0.0109. The summed E-state index contributed by atoms with van der Waals surface area (Å²) in [7, 11) is 0. The highest BCUT2D eigenvalue weighted by Crippen LogP contribution is 2.25. The third kappa shape index (κ3) is 26.1. The minimum atomic E-state index is -1.99. The molecule has 1 heterocycles. The van der Waals surface area contributed by atoms with Gasteiger partial charge in [0, 0.05) is 6.54 Å². The van der Waals surface area contributed by atoms with E-state index in [1.165, 1.54) is 52.0 Å². The van der Waals surface area contributed by atoms with Crippen molar-refractivity contribution in [1.82, 2.24) is 58.5 Å². The molecule has 1 aromatic rings. The number of benzene rings is 1. The van der Waals surface area contributed by atoms with E-state index < -0.39 is 179 Å². The Morgan fingerprint density at radius 3 is 1.73 bits per heavy atom. The maximum atomic E-state index is 15.4. The Hall–Kier alpha value is -7.50. The van der Waals surface area contributed by atoms with E-state index in [0.717, 1.165) is 0 Å². The van der Waals surface area contributed by atoms with Crippen LogP contribution in [0.1, 0.15) is 147 Å². The number of carbonyl (C=O) groups is 11. The van der Waals surface area contributed by atoms with Crippen molar-refractivity contribution in [3.05, 3.63) is 35.9 Å². The molecule has 88 heavy (non-hydrogen) atoms. The summed E-state index contributed by atoms with van der Waals surface area (Å²) in [6, 6.07) is -9.84. The van der Waals surface area contributed by atoms with E-state index >= 15 is 4.79 Å². The van der Waals surface area contributed by atoms with Crippen molar-refractivity contribution in [1.29, 1.82) is 0 Å². The molecule has 0 spiro atoms. The maximum Gasteiger partial charge on any atom is 0.245 e. The third-order valence-electron chi connectivity index (χ3n) is 14.4. The highest BCUT2D eigenvalue weighted by Gasteiger charge is 2.42. The number of aliphatic hydroxyl groups excluding tert-OH is 3. The van der Waals surface area contributed by atoms with Crippen molar-refractivity contribution >= 4 is 70.9 Å². The van der Waals surface area contributed by atoms with Crippen LogP contribution >= 0.6 is 0 Å². The Labute approximate surface area is 516 Å². The molecule has 0 unspecified atom stereocenters. The summed E-state index contributed by atoms with van der Waals surface area (Å²) < 4.78 is 0. The quantitative estimate of drug-likeness (QED) is 0.0375. The fraction of sp³-hybridized carbons (Fsp3) is 0.695. The van der Waals surface area contributed by atoms with E-state index in [4.69, 9.17) is 17.2 Å². The van der Waals surface area contributed by atoms with Gasteiger partial charge in [0.1, 0.15) is 54.4 Å². The number of nitrogens with one attached hydrogen (secondary N) is 11.